The molecule has 0 aromatic carbocycles. The van der Waals surface area contributed by atoms with Crippen molar-refractivity contribution in [2.45, 2.75) is 32.1 Å². The molecule has 0 aliphatic heterocycles. The molecule has 0 spiro atoms. The summed E-state index contributed by atoms with van der Waals surface area (Å²) in [5, 5.41) is 3.18. The molecule has 0 aromatic rings. The maximum absolute atomic E-state index is 5.03. The number of rotatable bonds is 11. The third-order valence-electron chi connectivity index (χ3n) is 2.60. The van der Waals surface area contributed by atoms with Gasteiger partial charge in [0.05, 0.1) is 0 Å². The van der Waals surface area contributed by atoms with Crippen LogP contribution in [0.4, 0.5) is 0 Å². The van der Waals surface area contributed by atoms with Crippen molar-refractivity contribution in [2.75, 3.05) is 47.4 Å². The SMILES string of the molecule is CNCCCCCCN(C)CCCOC. The number of methoxy groups -OCH3 is 1. The van der Waals surface area contributed by atoms with E-state index in [0.717, 1.165) is 26.1 Å². The van der Waals surface area contributed by atoms with Crippen LogP contribution < -0.4 is 5.32 Å². The van der Waals surface area contributed by atoms with Crippen molar-refractivity contribution >= 4 is 0 Å². The fourth-order valence-corrected chi connectivity index (χ4v) is 1.63. The number of hydrogen-bond donors (Lipinski definition) is 1. The Labute approximate surface area is 95.2 Å². The van der Waals surface area contributed by atoms with E-state index < -0.39 is 0 Å². The molecule has 0 amide bonds. The second-order valence-corrected chi connectivity index (χ2v) is 4.17. The predicted molar refractivity (Wildman–Crippen MR) is 66.4 cm³/mol. The third-order valence-corrected chi connectivity index (χ3v) is 2.60. The second kappa shape index (κ2) is 12.0. The van der Waals surface area contributed by atoms with Crippen LogP contribution in [-0.2, 0) is 4.74 Å². The van der Waals surface area contributed by atoms with Gasteiger partial charge in [0.1, 0.15) is 0 Å². The van der Waals surface area contributed by atoms with Gasteiger partial charge in [-0.2, -0.15) is 0 Å². The Morgan fingerprint density at radius 2 is 1.67 bits per heavy atom. The van der Waals surface area contributed by atoms with Gasteiger partial charge >= 0.3 is 0 Å². The molecular formula is C12H28N2O. The summed E-state index contributed by atoms with van der Waals surface area (Å²) in [5.74, 6) is 0. The van der Waals surface area contributed by atoms with Crippen LogP contribution in [0.5, 0.6) is 0 Å². The molecule has 1 N–H and O–H groups in total. The van der Waals surface area contributed by atoms with Crippen LogP contribution in [0.2, 0.25) is 0 Å². The summed E-state index contributed by atoms with van der Waals surface area (Å²) in [6.07, 6.45) is 6.49. The smallest absolute Gasteiger partial charge is 0.0474 e. The summed E-state index contributed by atoms with van der Waals surface area (Å²) in [5.41, 5.74) is 0. The largest absolute Gasteiger partial charge is 0.385 e. The van der Waals surface area contributed by atoms with Gasteiger partial charge in [-0.25, -0.2) is 0 Å². The fraction of sp³-hybridized carbons (Fsp3) is 1.00. The lowest BCUT2D eigenvalue weighted by atomic mass is 10.2. The number of unbranched alkanes of at least 4 members (excludes halogenated alkanes) is 3. The van der Waals surface area contributed by atoms with Crippen molar-refractivity contribution in [3.63, 3.8) is 0 Å². The van der Waals surface area contributed by atoms with Gasteiger partial charge in [0.15, 0.2) is 0 Å². The minimum absolute atomic E-state index is 0.881. The minimum atomic E-state index is 0.881. The van der Waals surface area contributed by atoms with Crippen LogP contribution >= 0.6 is 0 Å². The van der Waals surface area contributed by atoms with Gasteiger partial charge in [-0.3, -0.25) is 0 Å². The van der Waals surface area contributed by atoms with Crippen LogP contribution in [0, 0.1) is 0 Å². The normalized spacial score (nSPS) is 11.2. The zero-order valence-electron chi connectivity index (χ0n) is 10.7. The standard InChI is InChI=1S/C12H28N2O/c1-13-9-6-4-5-7-10-14(2)11-8-12-15-3/h13H,4-12H2,1-3H3. The highest BCUT2D eigenvalue weighted by molar-refractivity contribution is 4.53. The van der Waals surface area contributed by atoms with Crippen molar-refractivity contribution in [1.82, 2.24) is 10.2 Å². The van der Waals surface area contributed by atoms with Gasteiger partial charge in [0.2, 0.25) is 0 Å². The Bertz CT molecular complexity index is 120. The molecule has 0 aliphatic rings. The zero-order chi connectivity index (χ0) is 11.4. The van der Waals surface area contributed by atoms with Crippen LogP contribution in [-0.4, -0.2) is 52.3 Å². The molecule has 0 aromatic heterocycles. The van der Waals surface area contributed by atoms with Crippen molar-refractivity contribution in [3.8, 4) is 0 Å². The highest BCUT2D eigenvalue weighted by Crippen LogP contribution is 2.00. The highest BCUT2D eigenvalue weighted by Gasteiger charge is 1.97. The summed E-state index contributed by atoms with van der Waals surface area (Å²) < 4.78 is 5.03. The summed E-state index contributed by atoms with van der Waals surface area (Å²) in [7, 11) is 5.98. The molecule has 0 saturated heterocycles. The van der Waals surface area contributed by atoms with E-state index in [2.05, 4.69) is 17.3 Å². The van der Waals surface area contributed by atoms with E-state index in [0.29, 0.717) is 0 Å². The van der Waals surface area contributed by atoms with Gasteiger partial charge in [-0.15, -0.1) is 0 Å². The van der Waals surface area contributed by atoms with E-state index in [9.17, 15) is 0 Å². The Balaban J connectivity index is 3.06. The van der Waals surface area contributed by atoms with Gasteiger partial charge in [0.25, 0.3) is 0 Å². The summed E-state index contributed by atoms with van der Waals surface area (Å²) in [6, 6.07) is 0. The summed E-state index contributed by atoms with van der Waals surface area (Å²) >= 11 is 0. The first kappa shape index (κ1) is 14.9. The van der Waals surface area contributed by atoms with E-state index >= 15 is 0 Å². The molecule has 0 rings (SSSR count). The number of nitrogens with one attached hydrogen (secondary N) is 1. The van der Waals surface area contributed by atoms with E-state index in [1.807, 2.05) is 7.05 Å². The molecule has 0 radical (unpaired) electrons. The maximum atomic E-state index is 5.03. The molecule has 3 heteroatoms. The fourth-order valence-electron chi connectivity index (χ4n) is 1.63. The van der Waals surface area contributed by atoms with Crippen LogP contribution in [0.25, 0.3) is 0 Å². The molecule has 92 valence electrons. The van der Waals surface area contributed by atoms with E-state index in [4.69, 9.17) is 4.74 Å². The zero-order valence-corrected chi connectivity index (χ0v) is 10.7. The Morgan fingerprint density at radius 3 is 2.33 bits per heavy atom. The van der Waals surface area contributed by atoms with Gasteiger partial charge < -0.3 is 15.0 Å². The first-order valence-electron chi connectivity index (χ1n) is 6.13. The number of nitrogens with zero attached hydrogens (tertiary/aromatic N) is 1. The Kier molecular flexibility index (Phi) is 11.9. The van der Waals surface area contributed by atoms with Crippen molar-refractivity contribution < 1.29 is 4.74 Å². The molecule has 3 nitrogen and oxygen atoms in total. The van der Waals surface area contributed by atoms with E-state index in [1.54, 1.807) is 7.11 Å². The van der Waals surface area contributed by atoms with E-state index in [1.165, 1.54) is 32.2 Å². The molecule has 0 unspecified atom stereocenters. The van der Waals surface area contributed by atoms with Crippen LogP contribution in [0.15, 0.2) is 0 Å². The van der Waals surface area contributed by atoms with Gasteiger partial charge in [-0.05, 0) is 46.4 Å². The molecule has 15 heavy (non-hydrogen) atoms. The molecule has 0 fully saturated rings. The summed E-state index contributed by atoms with van der Waals surface area (Å²) in [6.45, 7) is 4.42. The average molecular weight is 216 g/mol. The Morgan fingerprint density at radius 1 is 1.00 bits per heavy atom. The van der Waals surface area contributed by atoms with Gasteiger partial charge in [0, 0.05) is 20.3 Å². The van der Waals surface area contributed by atoms with E-state index in [-0.39, 0.29) is 0 Å². The highest BCUT2D eigenvalue weighted by atomic mass is 16.5. The molecule has 0 aliphatic carbocycles. The first-order chi connectivity index (χ1) is 7.31. The Hall–Kier alpha value is -0.120. The molecule has 0 atom stereocenters. The lowest BCUT2D eigenvalue weighted by molar-refractivity contribution is 0.179. The van der Waals surface area contributed by atoms with Crippen molar-refractivity contribution in [2.24, 2.45) is 0 Å². The van der Waals surface area contributed by atoms with Crippen molar-refractivity contribution in [3.05, 3.63) is 0 Å². The first-order valence-corrected chi connectivity index (χ1v) is 6.13. The minimum Gasteiger partial charge on any atom is -0.385 e. The van der Waals surface area contributed by atoms with Crippen LogP contribution in [0.1, 0.15) is 32.1 Å². The molecule has 0 bridgehead atoms. The monoisotopic (exact) mass is 216 g/mol. The predicted octanol–water partition coefficient (Wildman–Crippen LogP) is 1.73. The second-order valence-electron chi connectivity index (χ2n) is 4.17. The topological polar surface area (TPSA) is 24.5 Å². The van der Waals surface area contributed by atoms with Crippen LogP contribution in [0.3, 0.4) is 0 Å². The molecule has 0 saturated carbocycles. The van der Waals surface area contributed by atoms with Gasteiger partial charge in [-0.1, -0.05) is 12.8 Å². The average Bonchev–Trinajstić information content (AvgIpc) is 2.23. The molecular weight excluding hydrogens is 188 g/mol. The number of hydrogen-bond acceptors (Lipinski definition) is 3. The quantitative estimate of drug-likeness (QED) is 0.532. The lowest BCUT2D eigenvalue weighted by Crippen LogP contribution is -2.21. The molecule has 0 heterocycles. The maximum Gasteiger partial charge on any atom is 0.0474 e. The lowest BCUT2D eigenvalue weighted by Gasteiger charge is -2.15. The summed E-state index contributed by atoms with van der Waals surface area (Å²) in [4.78, 5) is 2.40. The van der Waals surface area contributed by atoms with Crippen molar-refractivity contribution in [1.29, 1.82) is 0 Å². The third kappa shape index (κ3) is 11.8. The number of ether oxygens (including phenoxy) is 1.